The maximum Gasteiger partial charge on any atom is 0.270 e. The van der Waals surface area contributed by atoms with Gasteiger partial charge < -0.3 is 10.2 Å². The van der Waals surface area contributed by atoms with Crippen molar-refractivity contribution in [1.29, 1.82) is 0 Å². The highest BCUT2D eigenvalue weighted by Gasteiger charge is 2.24. The van der Waals surface area contributed by atoms with Crippen LogP contribution in [0.3, 0.4) is 0 Å². The highest BCUT2D eigenvalue weighted by atomic mass is 16.2. The van der Waals surface area contributed by atoms with E-state index in [9.17, 15) is 4.79 Å². The Labute approximate surface area is 89.3 Å². The fourth-order valence-electron chi connectivity index (χ4n) is 1.29. The molecule has 0 saturated heterocycles. The Morgan fingerprint density at radius 1 is 1.47 bits per heavy atom. The van der Waals surface area contributed by atoms with Crippen LogP contribution in [0.1, 0.15) is 23.3 Å². The second kappa shape index (κ2) is 3.88. The molecule has 15 heavy (non-hydrogen) atoms. The van der Waals surface area contributed by atoms with Gasteiger partial charge in [0.1, 0.15) is 11.5 Å². The quantitative estimate of drug-likeness (QED) is 0.802. The van der Waals surface area contributed by atoms with Gasteiger partial charge in [0.2, 0.25) is 0 Å². The molecular formula is C11H15N3O. The summed E-state index contributed by atoms with van der Waals surface area (Å²) in [5.41, 5.74) is 0.494. The van der Waals surface area contributed by atoms with Gasteiger partial charge in [-0.3, -0.25) is 4.79 Å². The molecule has 1 amide bonds. The molecule has 1 aromatic heterocycles. The van der Waals surface area contributed by atoms with Crippen LogP contribution in [0, 0.1) is 0 Å². The Hall–Kier alpha value is -1.58. The third-order valence-corrected chi connectivity index (χ3v) is 2.34. The normalized spacial score (nSPS) is 14.8. The Balaban J connectivity index is 2.12. The van der Waals surface area contributed by atoms with E-state index in [1.165, 1.54) is 0 Å². The maximum absolute atomic E-state index is 11.7. The van der Waals surface area contributed by atoms with Crippen LogP contribution in [0.25, 0.3) is 0 Å². The summed E-state index contributed by atoms with van der Waals surface area (Å²) in [5.74, 6) is 0.736. The van der Waals surface area contributed by atoms with Gasteiger partial charge in [-0.25, -0.2) is 4.98 Å². The standard InChI is InChI=1S/C11H15N3O/c1-14(2)10-5-3-4-9(13-10)11(15)12-8-6-7-8/h3-5,8H,6-7H2,1-2H3,(H,12,15). The maximum atomic E-state index is 11.7. The number of pyridine rings is 1. The number of anilines is 1. The molecule has 1 saturated carbocycles. The number of hydrogen-bond donors (Lipinski definition) is 1. The van der Waals surface area contributed by atoms with Crippen molar-refractivity contribution >= 4 is 11.7 Å². The van der Waals surface area contributed by atoms with Gasteiger partial charge in [0, 0.05) is 20.1 Å². The number of rotatable bonds is 3. The molecule has 0 bridgehead atoms. The molecule has 0 spiro atoms. The first-order valence-corrected chi connectivity index (χ1v) is 5.12. The monoisotopic (exact) mass is 205 g/mol. The fraction of sp³-hybridized carbons (Fsp3) is 0.455. The molecule has 1 aliphatic carbocycles. The van der Waals surface area contributed by atoms with Crippen LogP contribution >= 0.6 is 0 Å². The topological polar surface area (TPSA) is 45.2 Å². The van der Waals surface area contributed by atoms with E-state index in [4.69, 9.17) is 0 Å². The predicted octanol–water partition coefficient (Wildman–Crippen LogP) is 1.04. The summed E-state index contributed by atoms with van der Waals surface area (Å²) >= 11 is 0. The zero-order valence-corrected chi connectivity index (χ0v) is 9.03. The molecule has 1 heterocycles. The molecule has 80 valence electrons. The Bertz CT molecular complexity index is 372. The van der Waals surface area contributed by atoms with E-state index >= 15 is 0 Å². The van der Waals surface area contributed by atoms with E-state index in [-0.39, 0.29) is 5.91 Å². The summed E-state index contributed by atoms with van der Waals surface area (Å²) in [5, 5.41) is 2.92. The SMILES string of the molecule is CN(C)c1cccc(C(=O)NC2CC2)n1. The molecular weight excluding hydrogens is 190 g/mol. The molecule has 4 nitrogen and oxygen atoms in total. The highest BCUT2D eigenvalue weighted by molar-refractivity contribution is 5.93. The van der Waals surface area contributed by atoms with Crippen molar-refractivity contribution in [3.05, 3.63) is 23.9 Å². The van der Waals surface area contributed by atoms with Gasteiger partial charge in [-0.15, -0.1) is 0 Å². The second-order valence-electron chi connectivity index (χ2n) is 4.02. The van der Waals surface area contributed by atoms with E-state index < -0.39 is 0 Å². The van der Waals surface area contributed by atoms with E-state index in [2.05, 4.69) is 10.3 Å². The smallest absolute Gasteiger partial charge is 0.270 e. The lowest BCUT2D eigenvalue weighted by Gasteiger charge is -2.11. The van der Waals surface area contributed by atoms with Gasteiger partial charge in [0.05, 0.1) is 0 Å². The van der Waals surface area contributed by atoms with Crippen molar-refractivity contribution in [2.45, 2.75) is 18.9 Å². The van der Waals surface area contributed by atoms with E-state index in [1.54, 1.807) is 6.07 Å². The minimum absolute atomic E-state index is 0.0683. The molecule has 0 aliphatic heterocycles. The minimum atomic E-state index is -0.0683. The number of carbonyl (C=O) groups excluding carboxylic acids is 1. The second-order valence-corrected chi connectivity index (χ2v) is 4.02. The summed E-state index contributed by atoms with van der Waals surface area (Å²) in [6.45, 7) is 0. The highest BCUT2D eigenvalue weighted by Crippen LogP contribution is 2.19. The van der Waals surface area contributed by atoms with Crippen molar-refractivity contribution in [2.24, 2.45) is 0 Å². The Morgan fingerprint density at radius 3 is 2.80 bits per heavy atom. The third kappa shape index (κ3) is 2.46. The van der Waals surface area contributed by atoms with Crippen molar-refractivity contribution in [3.8, 4) is 0 Å². The minimum Gasteiger partial charge on any atom is -0.363 e. The average Bonchev–Trinajstić information content (AvgIpc) is 3.02. The molecule has 4 heteroatoms. The van der Waals surface area contributed by atoms with Crippen LogP contribution < -0.4 is 10.2 Å². The van der Waals surface area contributed by atoms with Crippen LogP contribution in [-0.4, -0.2) is 31.0 Å². The Morgan fingerprint density at radius 2 is 2.20 bits per heavy atom. The number of nitrogens with one attached hydrogen (secondary N) is 1. The van der Waals surface area contributed by atoms with E-state index in [1.807, 2.05) is 31.1 Å². The van der Waals surface area contributed by atoms with Gasteiger partial charge in [0.15, 0.2) is 0 Å². The summed E-state index contributed by atoms with van der Waals surface area (Å²) < 4.78 is 0. The number of hydrogen-bond acceptors (Lipinski definition) is 3. The van der Waals surface area contributed by atoms with Gasteiger partial charge >= 0.3 is 0 Å². The van der Waals surface area contributed by atoms with E-state index in [0.717, 1.165) is 18.7 Å². The van der Waals surface area contributed by atoms with Crippen LogP contribution in [-0.2, 0) is 0 Å². The van der Waals surface area contributed by atoms with Crippen molar-refractivity contribution in [1.82, 2.24) is 10.3 Å². The molecule has 2 rings (SSSR count). The molecule has 1 fully saturated rings. The summed E-state index contributed by atoms with van der Waals surface area (Å²) in [6.07, 6.45) is 2.19. The number of carbonyl (C=O) groups is 1. The van der Waals surface area contributed by atoms with Crippen molar-refractivity contribution < 1.29 is 4.79 Å². The van der Waals surface area contributed by atoms with Gasteiger partial charge in [-0.1, -0.05) is 6.07 Å². The molecule has 1 N–H and O–H groups in total. The molecule has 1 aliphatic rings. The fourth-order valence-corrected chi connectivity index (χ4v) is 1.29. The molecule has 0 atom stereocenters. The van der Waals surface area contributed by atoms with Gasteiger partial charge in [0.25, 0.3) is 5.91 Å². The first kappa shape index (κ1) is 9.96. The van der Waals surface area contributed by atoms with Crippen molar-refractivity contribution in [2.75, 3.05) is 19.0 Å². The summed E-state index contributed by atoms with van der Waals surface area (Å²) in [7, 11) is 3.82. The number of amides is 1. The molecule has 0 radical (unpaired) electrons. The summed E-state index contributed by atoms with van der Waals surface area (Å²) in [6, 6.07) is 5.85. The van der Waals surface area contributed by atoms with Crippen LogP contribution in [0.4, 0.5) is 5.82 Å². The van der Waals surface area contributed by atoms with Crippen LogP contribution in [0.15, 0.2) is 18.2 Å². The average molecular weight is 205 g/mol. The zero-order valence-electron chi connectivity index (χ0n) is 9.03. The third-order valence-electron chi connectivity index (χ3n) is 2.34. The van der Waals surface area contributed by atoms with Crippen molar-refractivity contribution in [3.63, 3.8) is 0 Å². The number of aromatic nitrogens is 1. The Kier molecular flexibility index (Phi) is 2.58. The van der Waals surface area contributed by atoms with Gasteiger partial charge in [-0.2, -0.15) is 0 Å². The lowest BCUT2D eigenvalue weighted by molar-refractivity contribution is 0.0946. The predicted molar refractivity (Wildman–Crippen MR) is 59.1 cm³/mol. The molecule has 0 aromatic carbocycles. The molecule has 1 aromatic rings. The molecule has 0 unspecified atom stereocenters. The van der Waals surface area contributed by atoms with Gasteiger partial charge in [-0.05, 0) is 25.0 Å². The summed E-state index contributed by atoms with van der Waals surface area (Å²) in [4.78, 5) is 17.8. The lowest BCUT2D eigenvalue weighted by atomic mass is 10.3. The first-order valence-electron chi connectivity index (χ1n) is 5.12. The zero-order chi connectivity index (χ0) is 10.8. The lowest BCUT2D eigenvalue weighted by Crippen LogP contribution is -2.26. The first-order chi connectivity index (χ1) is 7.16. The number of nitrogens with zero attached hydrogens (tertiary/aromatic N) is 2. The largest absolute Gasteiger partial charge is 0.363 e. The van der Waals surface area contributed by atoms with Crippen LogP contribution in [0.2, 0.25) is 0 Å². The van der Waals surface area contributed by atoms with E-state index in [0.29, 0.717) is 11.7 Å². The van der Waals surface area contributed by atoms with Crippen LogP contribution in [0.5, 0.6) is 0 Å².